The summed E-state index contributed by atoms with van der Waals surface area (Å²) < 4.78 is 6.78. The predicted octanol–water partition coefficient (Wildman–Crippen LogP) is 1.74. The highest BCUT2D eigenvalue weighted by Gasteiger charge is 2.22. The molecular formula is C22H25N5O4S. The first-order valence-corrected chi connectivity index (χ1v) is 11.3. The zero-order valence-electron chi connectivity index (χ0n) is 17.8. The Kier molecular flexibility index (Phi) is 8.09. The fourth-order valence-electron chi connectivity index (χ4n) is 3.04. The van der Waals surface area contributed by atoms with Crippen LogP contribution in [0.4, 0.5) is 0 Å². The van der Waals surface area contributed by atoms with Gasteiger partial charge in [0.1, 0.15) is 18.3 Å². The number of carbonyl (C=O) groups is 3. The zero-order chi connectivity index (χ0) is 22.9. The van der Waals surface area contributed by atoms with Crippen LogP contribution in [0.5, 0.6) is 5.75 Å². The lowest BCUT2D eigenvalue weighted by Gasteiger charge is -2.18. The highest BCUT2D eigenvalue weighted by atomic mass is 32.2. The van der Waals surface area contributed by atoms with Crippen molar-refractivity contribution in [3.63, 3.8) is 0 Å². The lowest BCUT2D eigenvalue weighted by molar-refractivity contribution is -0.130. The third-order valence-electron chi connectivity index (χ3n) is 4.75. The Morgan fingerprint density at radius 2 is 1.84 bits per heavy atom. The van der Waals surface area contributed by atoms with Crippen LogP contribution in [0.1, 0.15) is 16.8 Å². The normalized spacial score (nSPS) is 11.6. The van der Waals surface area contributed by atoms with Crippen LogP contribution in [-0.2, 0) is 16.1 Å². The lowest BCUT2D eigenvalue weighted by Crippen LogP contribution is -2.53. The summed E-state index contributed by atoms with van der Waals surface area (Å²) in [7, 11) is 1.54. The van der Waals surface area contributed by atoms with Crippen LogP contribution in [0.2, 0.25) is 0 Å². The van der Waals surface area contributed by atoms with Crippen molar-refractivity contribution < 1.29 is 19.1 Å². The number of aromatic nitrogens is 2. The second kappa shape index (κ2) is 11.2. The van der Waals surface area contributed by atoms with E-state index in [0.717, 1.165) is 11.0 Å². The van der Waals surface area contributed by atoms with Gasteiger partial charge < -0.3 is 14.6 Å². The summed E-state index contributed by atoms with van der Waals surface area (Å²) in [6.07, 6.45) is 3.90. The SMILES string of the molecule is COc1ccc(C(=O)N[C@H](CCSC)C(=O)NNC(=O)Cn2cnc3ccccc32)cc1. The summed E-state index contributed by atoms with van der Waals surface area (Å²) in [5.41, 5.74) is 6.82. The largest absolute Gasteiger partial charge is 0.497 e. The standard InChI is InChI=1S/C22H25N5O4S/c1-31-16-9-7-15(8-10-16)21(29)24-18(11-12-32-2)22(30)26-25-20(28)13-27-14-23-17-5-3-4-6-19(17)27/h3-10,14,18H,11-13H2,1-2H3,(H,24,29)(H,25,28)(H,26,30)/t18-/m1/s1. The molecule has 3 rings (SSSR count). The van der Waals surface area contributed by atoms with Crippen molar-refractivity contribution in [3.8, 4) is 5.75 Å². The molecule has 32 heavy (non-hydrogen) atoms. The maximum Gasteiger partial charge on any atom is 0.260 e. The Labute approximate surface area is 189 Å². The van der Waals surface area contributed by atoms with Gasteiger partial charge in [-0.15, -0.1) is 0 Å². The summed E-state index contributed by atoms with van der Waals surface area (Å²) >= 11 is 1.56. The number of para-hydroxylation sites is 2. The van der Waals surface area contributed by atoms with E-state index < -0.39 is 17.9 Å². The molecule has 0 spiro atoms. The third kappa shape index (κ3) is 6.01. The molecule has 3 N–H and O–H groups in total. The van der Waals surface area contributed by atoms with E-state index in [1.165, 1.54) is 0 Å². The summed E-state index contributed by atoms with van der Waals surface area (Å²) in [6, 6.07) is 13.2. The average Bonchev–Trinajstić information content (AvgIpc) is 3.22. The zero-order valence-corrected chi connectivity index (χ0v) is 18.6. The molecule has 0 bridgehead atoms. The van der Waals surface area contributed by atoms with Gasteiger partial charge in [0.15, 0.2) is 0 Å². The minimum atomic E-state index is -0.800. The Hall–Kier alpha value is -3.53. The highest BCUT2D eigenvalue weighted by Crippen LogP contribution is 2.12. The maximum atomic E-state index is 12.6. The van der Waals surface area contributed by atoms with Crippen molar-refractivity contribution >= 4 is 40.5 Å². The van der Waals surface area contributed by atoms with Gasteiger partial charge in [-0.1, -0.05) is 12.1 Å². The number of nitrogens with zero attached hydrogens (tertiary/aromatic N) is 2. The van der Waals surface area contributed by atoms with E-state index in [-0.39, 0.29) is 12.5 Å². The number of hydrazine groups is 1. The molecule has 0 fully saturated rings. The van der Waals surface area contributed by atoms with Crippen LogP contribution < -0.4 is 20.9 Å². The quantitative estimate of drug-likeness (QED) is 0.424. The fourth-order valence-corrected chi connectivity index (χ4v) is 3.51. The van der Waals surface area contributed by atoms with Crippen molar-refractivity contribution in [2.45, 2.75) is 19.0 Å². The number of hydrogen-bond acceptors (Lipinski definition) is 6. The molecule has 3 aromatic rings. The Balaban J connectivity index is 1.57. The number of benzene rings is 2. The average molecular weight is 456 g/mol. The van der Waals surface area contributed by atoms with Gasteiger partial charge in [0, 0.05) is 5.56 Å². The molecule has 1 atom stereocenters. The first-order valence-electron chi connectivity index (χ1n) is 9.94. The van der Waals surface area contributed by atoms with Gasteiger partial charge >= 0.3 is 0 Å². The predicted molar refractivity (Wildman–Crippen MR) is 123 cm³/mol. The van der Waals surface area contributed by atoms with Gasteiger partial charge in [0.05, 0.1) is 24.5 Å². The third-order valence-corrected chi connectivity index (χ3v) is 5.40. The number of methoxy groups -OCH3 is 1. The lowest BCUT2D eigenvalue weighted by atomic mass is 10.1. The van der Waals surface area contributed by atoms with Crippen molar-refractivity contribution in [2.24, 2.45) is 0 Å². The Morgan fingerprint density at radius 1 is 1.09 bits per heavy atom. The van der Waals surface area contributed by atoms with Gasteiger partial charge in [0.25, 0.3) is 17.7 Å². The number of thioether (sulfide) groups is 1. The number of rotatable bonds is 9. The molecule has 10 heteroatoms. The molecule has 0 aliphatic heterocycles. The molecule has 0 radical (unpaired) electrons. The first kappa shape index (κ1) is 23.1. The van der Waals surface area contributed by atoms with Gasteiger partial charge in [-0.05, 0) is 54.8 Å². The fraction of sp³-hybridized carbons (Fsp3) is 0.273. The summed E-state index contributed by atoms with van der Waals surface area (Å²) in [5, 5.41) is 2.73. The van der Waals surface area contributed by atoms with Gasteiger partial charge in [-0.2, -0.15) is 11.8 Å². The van der Waals surface area contributed by atoms with Crippen LogP contribution in [-0.4, -0.2) is 52.4 Å². The molecule has 1 aromatic heterocycles. The molecular weight excluding hydrogens is 430 g/mol. The summed E-state index contributed by atoms with van der Waals surface area (Å²) in [5.74, 6) is 0.00346. The molecule has 0 aliphatic carbocycles. The van der Waals surface area contributed by atoms with Crippen molar-refractivity contribution in [3.05, 3.63) is 60.4 Å². The molecule has 2 aromatic carbocycles. The smallest absolute Gasteiger partial charge is 0.260 e. The van der Waals surface area contributed by atoms with Crippen molar-refractivity contribution in [1.82, 2.24) is 25.7 Å². The van der Waals surface area contributed by atoms with Gasteiger partial charge in [0.2, 0.25) is 0 Å². The number of carbonyl (C=O) groups excluding carboxylic acids is 3. The molecule has 3 amide bonds. The van der Waals surface area contributed by atoms with E-state index in [2.05, 4.69) is 21.2 Å². The monoisotopic (exact) mass is 455 g/mol. The number of nitrogens with one attached hydrogen (secondary N) is 3. The second-order valence-corrected chi connectivity index (χ2v) is 7.92. The second-order valence-electron chi connectivity index (χ2n) is 6.93. The molecule has 0 saturated carbocycles. The molecule has 168 valence electrons. The van der Waals surface area contributed by atoms with Crippen molar-refractivity contribution in [1.29, 1.82) is 0 Å². The van der Waals surface area contributed by atoms with Crippen LogP contribution in [0.15, 0.2) is 54.9 Å². The summed E-state index contributed by atoms with van der Waals surface area (Å²) in [6.45, 7) is -0.00548. The number of hydrogen-bond donors (Lipinski definition) is 3. The van der Waals surface area contributed by atoms with Crippen LogP contribution >= 0.6 is 11.8 Å². The highest BCUT2D eigenvalue weighted by molar-refractivity contribution is 7.98. The number of imidazole rings is 1. The number of amides is 3. The number of ether oxygens (including phenoxy) is 1. The van der Waals surface area contributed by atoms with Gasteiger partial charge in [-0.3, -0.25) is 25.2 Å². The van der Waals surface area contributed by atoms with E-state index in [1.54, 1.807) is 54.0 Å². The maximum absolute atomic E-state index is 12.6. The summed E-state index contributed by atoms with van der Waals surface area (Å²) in [4.78, 5) is 41.8. The topological polar surface area (TPSA) is 114 Å². The first-order chi connectivity index (χ1) is 15.5. The van der Waals surface area contributed by atoms with E-state index in [4.69, 9.17) is 4.74 Å². The van der Waals surface area contributed by atoms with Crippen molar-refractivity contribution in [2.75, 3.05) is 19.1 Å². The van der Waals surface area contributed by atoms with E-state index in [9.17, 15) is 14.4 Å². The van der Waals surface area contributed by atoms with E-state index >= 15 is 0 Å². The van der Waals surface area contributed by atoms with E-state index in [1.807, 2.05) is 30.5 Å². The number of fused-ring (bicyclic) bond motifs is 1. The Morgan fingerprint density at radius 3 is 2.56 bits per heavy atom. The Bertz CT molecular complexity index is 1080. The molecule has 0 saturated heterocycles. The molecule has 1 heterocycles. The van der Waals surface area contributed by atoms with Gasteiger partial charge in [-0.25, -0.2) is 4.98 Å². The molecule has 0 aliphatic rings. The molecule has 9 nitrogen and oxygen atoms in total. The molecule has 0 unspecified atom stereocenters. The van der Waals surface area contributed by atoms with Crippen LogP contribution in [0, 0.1) is 0 Å². The minimum Gasteiger partial charge on any atom is -0.497 e. The van der Waals surface area contributed by atoms with E-state index in [0.29, 0.717) is 23.5 Å². The van der Waals surface area contributed by atoms with Crippen LogP contribution in [0.25, 0.3) is 11.0 Å². The van der Waals surface area contributed by atoms with Crippen LogP contribution in [0.3, 0.4) is 0 Å². The minimum absolute atomic E-state index is 0.00548.